The molecule has 0 fully saturated rings. The average Bonchev–Trinajstić information content (AvgIpc) is 3.50. The van der Waals surface area contributed by atoms with Crippen LogP contribution in [-0.2, 0) is 6.54 Å². The van der Waals surface area contributed by atoms with E-state index in [2.05, 4.69) is 168 Å². The summed E-state index contributed by atoms with van der Waals surface area (Å²) in [5.41, 5.74) is 13.3. The van der Waals surface area contributed by atoms with Gasteiger partial charge in [0.2, 0.25) is 0 Å². The highest BCUT2D eigenvalue weighted by Crippen LogP contribution is 2.33. The molecule has 0 radical (unpaired) electrons. The van der Waals surface area contributed by atoms with E-state index in [1.807, 2.05) is 6.07 Å². The fourth-order valence-corrected chi connectivity index (χ4v) is 7.03. The zero-order valence-corrected chi connectivity index (χ0v) is 26.8. The van der Waals surface area contributed by atoms with Gasteiger partial charge in [0, 0.05) is 27.6 Å². The number of amidine groups is 2. The van der Waals surface area contributed by atoms with Gasteiger partial charge in [-0.1, -0.05) is 133 Å². The van der Waals surface area contributed by atoms with Crippen LogP contribution in [0.3, 0.4) is 0 Å². The Balaban J connectivity index is 1.14. The highest BCUT2D eigenvalue weighted by Gasteiger charge is 2.14. The van der Waals surface area contributed by atoms with Crippen molar-refractivity contribution in [1.82, 2.24) is 4.57 Å². The minimum absolute atomic E-state index is 0.431. The first-order valence-electron chi connectivity index (χ1n) is 16.6. The van der Waals surface area contributed by atoms with Crippen molar-refractivity contribution in [3.8, 4) is 5.69 Å². The fraction of sp³-hybridized carbons (Fsp3) is 0.0222. The van der Waals surface area contributed by atoms with E-state index in [0.29, 0.717) is 18.2 Å². The Morgan fingerprint density at radius 2 is 1.10 bits per heavy atom. The molecular weight excluding hydrogens is 597 g/mol. The van der Waals surface area contributed by atoms with Gasteiger partial charge in [0.1, 0.15) is 5.84 Å². The minimum atomic E-state index is 0.431. The second kappa shape index (κ2) is 11.9. The normalized spacial score (nSPS) is 12.5. The van der Waals surface area contributed by atoms with Crippen LogP contribution in [0.4, 0.5) is 0 Å². The zero-order chi connectivity index (χ0) is 32.7. The Morgan fingerprint density at radius 3 is 1.84 bits per heavy atom. The number of aromatic nitrogens is 1. The number of hydrogen-bond donors (Lipinski definition) is 1. The fourth-order valence-electron chi connectivity index (χ4n) is 7.03. The van der Waals surface area contributed by atoms with Gasteiger partial charge in [0.25, 0.3) is 0 Å². The van der Waals surface area contributed by atoms with Gasteiger partial charge in [-0.3, -0.25) is 4.99 Å². The first-order chi connectivity index (χ1) is 24.2. The molecule has 232 valence electrons. The molecule has 4 nitrogen and oxygen atoms in total. The second-order valence-electron chi connectivity index (χ2n) is 12.5. The molecule has 0 unspecified atom stereocenters. The number of benzene rings is 8. The van der Waals surface area contributed by atoms with Crippen molar-refractivity contribution < 1.29 is 0 Å². The SMILES string of the molecule is NC(=NC(=NCc1ccc2ccccc2c1)c1ccc2ccccc2c1)c1cccc2cc(-n3c4ccccc4c4ccccc43)ccc12. The topological polar surface area (TPSA) is 55.7 Å². The van der Waals surface area contributed by atoms with Gasteiger partial charge in [-0.15, -0.1) is 0 Å². The summed E-state index contributed by atoms with van der Waals surface area (Å²) in [5, 5.41) is 9.34. The lowest BCUT2D eigenvalue weighted by atomic mass is 10.0. The molecule has 0 saturated heterocycles. The number of fused-ring (bicyclic) bond motifs is 6. The van der Waals surface area contributed by atoms with Crippen LogP contribution >= 0.6 is 0 Å². The highest BCUT2D eigenvalue weighted by atomic mass is 15.0. The van der Waals surface area contributed by atoms with Crippen molar-refractivity contribution in [2.24, 2.45) is 15.7 Å². The number of aliphatic imine (C=N–C) groups is 2. The summed E-state index contributed by atoms with van der Waals surface area (Å²) >= 11 is 0. The molecule has 49 heavy (non-hydrogen) atoms. The third kappa shape index (κ3) is 5.20. The summed E-state index contributed by atoms with van der Waals surface area (Å²) in [6.07, 6.45) is 0. The molecule has 0 aliphatic heterocycles. The number of rotatable bonds is 5. The number of nitrogens with two attached hydrogens (primary N) is 1. The maximum absolute atomic E-state index is 6.90. The molecule has 0 aliphatic rings. The van der Waals surface area contributed by atoms with Crippen molar-refractivity contribution in [1.29, 1.82) is 0 Å². The summed E-state index contributed by atoms with van der Waals surface area (Å²) in [7, 11) is 0. The van der Waals surface area contributed by atoms with E-state index in [9.17, 15) is 0 Å². The molecule has 0 saturated carbocycles. The van der Waals surface area contributed by atoms with Crippen LogP contribution in [0.2, 0.25) is 0 Å². The number of hydrogen-bond acceptors (Lipinski definition) is 1. The van der Waals surface area contributed by atoms with Crippen LogP contribution in [-0.4, -0.2) is 16.2 Å². The smallest absolute Gasteiger partial charge is 0.157 e. The van der Waals surface area contributed by atoms with Crippen molar-refractivity contribution in [2.75, 3.05) is 0 Å². The molecule has 0 amide bonds. The van der Waals surface area contributed by atoms with Crippen LogP contribution < -0.4 is 5.73 Å². The molecule has 1 aromatic heterocycles. The van der Waals surface area contributed by atoms with Gasteiger partial charge in [-0.05, 0) is 74.3 Å². The van der Waals surface area contributed by atoms with Crippen molar-refractivity contribution in [3.63, 3.8) is 0 Å². The Labute approximate surface area is 284 Å². The van der Waals surface area contributed by atoms with Crippen molar-refractivity contribution >= 4 is 65.8 Å². The summed E-state index contributed by atoms with van der Waals surface area (Å²) in [6, 6.07) is 59.6. The highest BCUT2D eigenvalue weighted by molar-refractivity contribution is 6.16. The number of nitrogens with zero attached hydrogens (tertiary/aromatic N) is 3. The third-order valence-electron chi connectivity index (χ3n) is 9.44. The van der Waals surface area contributed by atoms with Crippen molar-refractivity contribution in [3.05, 3.63) is 187 Å². The molecule has 0 bridgehead atoms. The lowest BCUT2D eigenvalue weighted by molar-refractivity contribution is 1.07. The Kier molecular flexibility index (Phi) is 6.98. The van der Waals surface area contributed by atoms with E-state index in [-0.39, 0.29) is 0 Å². The Hall–Kier alpha value is -6.52. The summed E-state index contributed by atoms with van der Waals surface area (Å²) in [4.78, 5) is 10.1. The van der Waals surface area contributed by atoms with Gasteiger partial charge in [-0.2, -0.15) is 0 Å². The lowest BCUT2D eigenvalue weighted by Crippen LogP contribution is -2.17. The van der Waals surface area contributed by atoms with Crippen molar-refractivity contribution in [2.45, 2.75) is 6.54 Å². The molecule has 4 heteroatoms. The van der Waals surface area contributed by atoms with Gasteiger partial charge >= 0.3 is 0 Å². The van der Waals surface area contributed by atoms with Gasteiger partial charge in [-0.25, -0.2) is 4.99 Å². The van der Waals surface area contributed by atoms with E-state index in [4.69, 9.17) is 15.7 Å². The van der Waals surface area contributed by atoms with E-state index in [1.54, 1.807) is 0 Å². The second-order valence-corrected chi connectivity index (χ2v) is 12.5. The average molecular weight is 629 g/mol. The molecular formula is C45H32N4. The molecule has 9 rings (SSSR count). The monoisotopic (exact) mass is 628 g/mol. The summed E-state index contributed by atoms with van der Waals surface area (Å²) in [6.45, 7) is 0.488. The molecule has 9 aromatic rings. The van der Waals surface area contributed by atoms with E-state index in [0.717, 1.165) is 38.5 Å². The number of para-hydroxylation sites is 2. The molecule has 0 aliphatic carbocycles. The largest absolute Gasteiger partial charge is 0.383 e. The standard InChI is InChI=1S/C45H32N4/c46-44(41-17-9-14-35-28-37(24-25-38(35)41)49-42-18-7-5-15-39(42)40-16-6-8-19-43(40)49)48-45(36-23-22-32-11-2-4-13-34(32)27-36)47-29-30-20-21-31-10-1-3-12-33(31)26-30/h1-28H,29H2,(H2,46,47,48). The molecule has 2 N–H and O–H groups in total. The summed E-state index contributed by atoms with van der Waals surface area (Å²) in [5.74, 6) is 1.04. The Morgan fingerprint density at radius 1 is 0.490 bits per heavy atom. The predicted octanol–water partition coefficient (Wildman–Crippen LogP) is 10.6. The molecule has 0 atom stereocenters. The van der Waals surface area contributed by atoms with E-state index >= 15 is 0 Å². The Bertz CT molecular complexity index is 2710. The predicted molar refractivity (Wildman–Crippen MR) is 207 cm³/mol. The van der Waals surface area contributed by atoms with Crippen LogP contribution in [0.5, 0.6) is 0 Å². The molecule has 1 heterocycles. The van der Waals surface area contributed by atoms with Crippen LogP contribution in [0.25, 0.3) is 59.8 Å². The maximum atomic E-state index is 6.90. The minimum Gasteiger partial charge on any atom is -0.383 e. The summed E-state index contributed by atoms with van der Waals surface area (Å²) < 4.78 is 2.34. The van der Waals surface area contributed by atoms with Gasteiger partial charge in [0.15, 0.2) is 5.84 Å². The maximum Gasteiger partial charge on any atom is 0.157 e. The quantitative estimate of drug-likeness (QED) is 0.150. The molecule has 0 spiro atoms. The zero-order valence-electron chi connectivity index (χ0n) is 26.8. The first kappa shape index (κ1) is 28.7. The third-order valence-corrected chi connectivity index (χ3v) is 9.44. The van der Waals surface area contributed by atoms with Crippen LogP contribution in [0.1, 0.15) is 16.7 Å². The molecule has 8 aromatic carbocycles. The van der Waals surface area contributed by atoms with Crippen LogP contribution in [0.15, 0.2) is 180 Å². The first-order valence-corrected chi connectivity index (χ1v) is 16.6. The van der Waals surface area contributed by atoms with Gasteiger partial charge in [0.05, 0.1) is 17.6 Å². The van der Waals surface area contributed by atoms with E-state index in [1.165, 1.54) is 38.0 Å². The van der Waals surface area contributed by atoms with Gasteiger partial charge < -0.3 is 10.3 Å². The van der Waals surface area contributed by atoms with Crippen LogP contribution in [0, 0.1) is 0 Å². The van der Waals surface area contributed by atoms with E-state index < -0.39 is 0 Å². The lowest BCUT2D eigenvalue weighted by Gasteiger charge is -2.12.